The zero-order chi connectivity index (χ0) is 12.4. The van der Waals surface area contributed by atoms with E-state index in [0.717, 1.165) is 37.7 Å². The average Bonchev–Trinajstić information content (AvgIpc) is 2.83. The van der Waals surface area contributed by atoms with E-state index in [9.17, 15) is 0 Å². The fraction of sp³-hybridized carbons (Fsp3) is 0.385. The second-order valence-corrected chi connectivity index (χ2v) is 4.38. The van der Waals surface area contributed by atoms with Gasteiger partial charge in [-0.3, -0.25) is 4.90 Å². The molecule has 1 unspecified atom stereocenters. The first-order valence-electron chi connectivity index (χ1n) is 6.13. The maximum Gasteiger partial charge on any atom is 0.150 e. The third kappa shape index (κ3) is 2.02. The van der Waals surface area contributed by atoms with Gasteiger partial charge >= 0.3 is 0 Å². The maximum absolute atomic E-state index is 5.38. The van der Waals surface area contributed by atoms with Gasteiger partial charge in [-0.2, -0.15) is 0 Å². The summed E-state index contributed by atoms with van der Waals surface area (Å²) in [4.78, 5) is 2.30. The zero-order valence-electron chi connectivity index (χ0n) is 10.2. The molecule has 1 atom stereocenters. The summed E-state index contributed by atoms with van der Waals surface area (Å²) in [6, 6.07) is 10.1. The van der Waals surface area contributed by atoms with Gasteiger partial charge in [0.1, 0.15) is 0 Å². The van der Waals surface area contributed by atoms with Crippen molar-refractivity contribution in [3.8, 4) is 0 Å². The molecule has 94 valence electrons. The highest BCUT2D eigenvalue weighted by atomic mass is 16.5. The van der Waals surface area contributed by atoms with Crippen LogP contribution in [0, 0.1) is 0 Å². The topological polar surface area (TPSA) is 40.4 Å². The van der Waals surface area contributed by atoms with Crippen LogP contribution in [-0.4, -0.2) is 37.4 Å². The monoisotopic (exact) mass is 244 g/mol. The minimum absolute atomic E-state index is 0.0244. The Morgan fingerprint density at radius 1 is 1.17 bits per heavy atom. The molecule has 1 fully saturated rings. The van der Waals surface area contributed by atoms with E-state index in [0.29, 0.717) is 0 Å². The Balaban J connectivity index is 1.84. The van der Waals surface area contributed by atoms with E-state index in [1.807, 2.05) is 35.3 Å². The number of para-hydroxylation sites is 1. The van der Waals surface area contributed by atoms with Crippen LogP contribution in [0.3, 0.4) is 0 Å². The van der Waals surface area contributed by atoms with Crippen molar-refractivity contribution in [1.29, 1.82) is 0 Å². The fourth-order valence-electron chi connectivity index (χ4n) is 2.31. The Kier molecular flexibility index (Phi) is 3.08. The molecule has 0 spiro atoms. The molecule has 3 rings (SSSR count). The van der Waals surface area contributed by atoms with Crippen molar-refractivity contribution >= 4 is 5.69 Å². The first-order valence-corrected chi connectivity index (χ1v) is 6.13. The quantitative estimate of drug-likeness (QED) is 0.799. The van der Waals surface area contributed by atoms with Crippen molar-refractivity contribution < 1.29 is 4.74 Å². The van der Waals surface area contributed by atoms with Gasteiger partial charge < -0.3 is 4.74 Å². The predicted molar refractivity (Wildman–Crippen MR) is 69.1 cm³/mol. The van der Waals surface area contributed by atoms with E-state index in [1.165, 1.54) is 0 Å². The van der Waals surface area contributed by atoms with Crippen molar-refractivity contribution in [2.24, 2.45) is 10.3 Å². The second-order valence-electron chi connectivity index (χ2n) is 4.38. The summed E-state index contributed by atoms with van der Waals surface area (Å²) in [5.74, 6) is 0. The van der Waals surface area contributed by atoms with E-state index < -0.39 is 0 Å². The number of anilines is 1. The molecule has 1 aromatic rings. The SMILES string of the molecule is C=C1N=NN(c2ccccc2)C1N1CCOCC1. The molecule has 2 aliphatic heterocycles. The third-order valence-corrected chi connectivity index (χ3v) is 3.21. The highest BCUT2D eigenvalue weighted by molar-refractivity contribution is 5.48. The van der Waals surface area contributed by atoms with Gasteiger partial charge in [0.25, 0.3) is 0 Å². The lowest BCUT2D eigenvalue weighted by Gasteiger charge is -2.35. The molecule has 0 bridgehead atoms. The van der Waals surface area contributed by atoms with Crippen molar-refractivity contribution in [3.63, 3.8) is 0 Å². The van der Waals surface area contributed by atoms with Gasteiger partial charge in [0.05, 0.1) is 24.6 Å². The van der Waals surface area contributed by atoms with E-state index in [4.69, 9.17) is 4.74 Å². The predicted octanol–water partition coefficient (Wildman–Crippen LogP) is 2.05. The largest absolute Gasteiger partial charge is 0.379 e. The highest BCUT2D eigenvalue weighted by Crippen LogP contribution is 2.29. The van der Waals surface area contributed by atoms with Crippen LogP contribution in [0.5, 0.6) is 0 Å². The van der Waals surface area contributed by atoms with Crippen molar-refractivity contribution in [3.05, 3.63) is 42.6 Å². The van der Waals surface area contributed by atoms with Crippen LogP contribution >= 0.6 is 0 Å². The summed E-state index contributed by atoms with van der Waals surface area (Å²) < 4.78 is 5.38. The summed E-state index contributed by atoms with van der Waals surface area (Å²) in [6.45, 7) is 7.29. The van der Waals surface area contributed by atoms with Gasteiger partial charge in [0.15, 0.2) is 6.17 Å². The van der Waals surface area contributed by atoms with Gasteiger partial charge in [-0.15, -0.1) is 5.11 Å². The maximum atomic E-state index is 5.38. The highest BCUT2D eigenvalue weighted by Gasteiger charge is 2.33. The zero-order valence-corrected chi connectivity index (χ0v) is 10.2. The first kappa shape index (κ1) is 11.4. The molecule has 18 heavy (non-hydrogen) atoms. The van der Waals surface area contributed by atoms with Crippen LogP contribution in [0.1, 0.15) is 0 Å². The third-order valence-electron chi connectivity index (χ3n) is 3.21. The second kappa shape index (κ2) is 4.88. The van der Waals surface area contributed by atoms with Gasteiger partial charge in [0, 0.05) is 13.1 Å². The van der Waals surface area contributed by atoms with Gasteiger partial charge in [-0.05, 0) is 12.1 Å². The Morgan fingerprint density at radius 2 is 1.89 bits per heavy atom. The molecule has 0 saturated carbocycles. The molecule has 0 N–H and O–H groups in total. The molecule has 1 saturated heterocycles. The lowest BCUT2D eigenvalue weighted by Crippen LogP contribution is -2.49. The number of rotatable bonds is 2. The van der Waals surface area contributed by atoms with Crippen LogP contribution in [0.4, 0.5) is 5.69 Å². The van der Waals surface area contributed by atoms with Crippen LogP contribution in [-0.2, 0) is 4.74 Å². The molecule has 2 aliphatic rings. The van der Waals surface area contributed by atoms with Crippen LogP contribution in [0.25, 0.3) is 0 Å². The summed E-state index contributed by atoms with van der Waals surface area (Å²) >= 11 is 0. The summed E-state index contributed by atoms with van der Waals surface area (Å²) in [5, 5.41) is 10.3. The number of nitrogens with zero attached hydrogens (tertiary/aromatic N) is 4. The molecule has 5 heteroatoms. The lowest BCUT2D eigenvalue weighted by atomic mass is 10.2. The summed E-state index contributed by atoms with van der Waals surface area (Å²) in [6.07, 6.45) is 0.0244. The Hall–Kier alpha value is -1.72. The van der Waals surface area contributed by atoms with E-state index in [2.05, 4.69) is 21.8 Å². The molecule has 1 aromatic carbocycles. The van der Waals surface area contributed by atoms with Crippen LogP contribution < -0.4 is 5.01 Å². The molecular formula is C13H16N4O. The smallest absolute Gasteiger partial charge is 0.150 e. The molecule has 0 aliphatic carbocycles. The minimum atomic E-state index is 0.0244. The van der Waals surface area contributed by atoms with E-state index in [1.54, 1.807) is 0 Å². The molecule has 2 heterocycles. The van der Waals surface area contributed by atoms with Gasteiger partial charge in [-0.25, -0.2) is 5.01 Å². The Labute approximate surface area is 106 Å². The Morgan fingerprint density at radius 3 is 2.61 bits per heavy atom. The van der Waals surface area contributed by atoms with Gasteiger partial charge in [-0.1, -0.05) is 30.0 Å². The fourth-order valence-corrected chi connectivity index (χ4v) is 2.31. The standard InChI is InChI=1S/C13H16N4O/c1-11-13(16-7-9-18-10-8-16)17(15-14-11)12-5-3-2-4-6-12/h2-6,13H,1,7-10H2. The lowest BCUT2D eigenvalue weighted by molar-refractivity contribution is 0.0247. The molecule has 0 radical (unpaired) electrons. The average molecular weight is 244 g/mol. The van der Waals surface area contributed by atoms with Crippen LogP contribution in [0.15, 0.2) is 52.9 Å². The number of benzene rings is 1. The minimum Gasteiger partial charge on any atom is -0.379 e. The normalized spacial score (nSPS) is 24.8. The number of morpholine rings is 1. The van der Waals surface area contributed by atoms with Crippen molar-refractivity contribution in [2.75, 3.05) is 31.3 Å². The first-order chi connectivity index (χ1) is 8.86. The van der Waals surface area contributed by atoms with E-state index in [-0.39, 0.29) is 6.17 Å². The summed E-state index contributed by atoms with van der Waals surface area (Å²) in [5.41, 5.74) is 1.83. The molecule has 5 nitrogen and oxygen atoms in total. The molecule has 0 amide bonds. The summed E-state index contributed by atoms with van der Waals surface area (Å²) in [7, 11) is 0. The Bertz CT molecular complexity index is 453. The van der Waals surface area contributed by atoms with Crippen LogP contribution in [0.2, 0.25) is 0 Å². The van der Waals surface area contributed by atoms with Crippen molar-refractivity contribution in [2.45, 2.75) is 6.17 Å². The number of hydrogen-bond acceptors (Lipinski definition) is 5. The van der Waals surface area contributed by atoms with E-state index >= 15 is 0 Å². The number of hydrogen-bond donors (Lipinski definition) is 0. The number of ether oxygens (including phenoxy) is 1. The van der Waals surface area contributed by atoms with Gasteiger partial charge in [0.2, 0.25) is 0 Å². The van der Waals surface area contributed by atoms with Crippen molar-refractivity contribution in [1.82, 2.24) is 4.90 Å². The molecular weight excluding hydrogens is 228 g/mol. The molecule has 0 aromatic heterocycles.